The van der Waals surface area contributed by atoms with Crippen LogP contribution in [0.1, 0.15) is 37.8 Å². The summed E-state index contributed by atoms with van der Waals surface area (Å²) in [6, 6.07) is 6.98. The Morgan fingerprint density at radius 1 is 1.44 bits per heavy atom. The maximum absolute atomic E-state index is 13.6. The van der Waals surface area contributed by atoms with Crippen LogP contribution in [0, 0.1) is 18.2 Å². The molecule has 0 amide bonds. The number of rotatable bonds is 6. The van der Waals surface area contributed by atoms with Crippen LogP contribution in [0.25, 0.3) is 0 Å². The zero-order valence-electron chi connectivity index (χ0n) is 9.67. The average molecular weight is 219 g/mol. The lowest BCUT2D eigenvalue weighted by molar-refractivity contribution is 0.475. The second-order valence-corrected chi connectivity index (χ2v) is 3.73. The molecule has 0 aliphatic heterocycles. The fourth-order valence-electron chi connectivity index (χ4n) is 1.78. The fraction of sp³-hybridized carbons (Fsp3) is 0.429. The van der Waals surface area contributed by atoms with Gasteiger partial charge in [0.25, 0.3) is 0 Å². The standard InChI is InChI=1S/C14H18FN/c1-3-5-6-11-14(16-4-2)12-9-7-8-10-13(12)15/h1,7-10,14,16H,4-6,11H2,2H3. The molecule has 1 aromatic carbocycles. The van der Waals surface area contributed by atoms with Crippen molar-refractivity contribution in [1.29, 1.82) is 0 Å². The van der Waals surface area contributed by atoms with Crippen molar-refractivity contribution in [2.24, 2.45) is 0 Å². The van der Waals surface area contributed by atoms with Crippen molar-refractivity contribution in [1.82, 2.24) is 5.32 Å². The van der Waals surface area contributed by atoms with Crippen molar-refractivity contribution in [3.05, 3.63) is 35.6 Å². The van der Waals surface area contributed by atoms with E-state index in [0.29, 0.717) is 0 Å². The first-order valence-electron chi connectivity index (χ1n) is 5.70. The zero-order valence-corrected chi connectivity index (χ0v) is 9.67. The Kier molecular flexibility index (Phi) is 5.60. The summed E-state index contributed by atoms with van der Waals surface area (Å²) < 4.78 is 13.6. The Morgan fingerprint density at radius 3 is 2.81 bits per heavy atom. The molecule has 1 rings (SSSR count). The highest BCUT2D eigenvalue weighted by molar-refractivity contribution is 5.21. The molecule has 0 radical (unpaired) electrons. The van der Waals surface area contributed by atoms with Crippen molar-refractivity contribution in [2.75, 3.05) is 6.54 Å². The zero-order chi connectivity index (χ0) is 11.8. The normalized spacial score (nSPS) is 12.1. The van der Waals surface area contributed by atoms with Gasteiger partial charge in [0.15, 0.2) is 0 Å². The minimum atomic E-state index is -0.144. The molecule has 1 aromatic rings. The highest BCUT2D eigenvalue weighted by Crippen LogP contribution is 2.21. The van der Waals surface area contributed by atoms with Crippen LogP contribution in [0.2, 0.25) is 0 Å². The topological polar surface area (TPSA) is 12.0 Å². The van der Waals surface area contributed by atoms with Gasteiger partial charge in [-0.3, -0.25) is 0 Å². The minimum absolute atomic E-state index is 0.0690. The molecule has 1 N–H and O–H groups in total. The van der Waals surface area contributed by atoms with E-state index in [1.807, 2.05) is 19.1 Å². The Morgan fingerprint density at radius 2 is 2.19 bits per heavy atom. The molecule has 0 aliphatic rings. The van der Waals surface area contributed by atoms with Gasteiger partial charge in [-0.2, -0.15) is 0 Å². The smallest absolute Gasteiger partial charge is 0.127 e. The van der Waals surface area contributed by atoms with Crippen molar-refractivity contribution in [2.45, 2.75) is 32.2 Å². The van der Waals surface area contributed by atoms with Gasteiger partial charge in [0.2, 0.25) is 0 Å². The molecule has 0 aromatic heterocycles. The Balaban J connectivity index is 2.69. The highest BCUT2D eigenvalue weighted by Gasteiger charge is 2.13. The van der Waals surface area contributed by atoms with Crippen LogP contribution in [0.4, 0.5) is 4.39 Å². The molecule has 0 aliphatic carbocycles. The van der Waals surface area contributed by atoms with Gasteiger partial charge in [-0.15, -0.1) is 12.3 Å². The lowest BCUT2D eigenvalue weighted by Crippen LogP contribution is -2.21. The van der Waals surface area contributed by atoms with E-state index in [2.05, 4.69) is 11.2 Å². The van der Waals surface area contributed by atoms with Gasteiger partial charge >= 0.3 is 0 Å². The molecule has 1 unspecified atom stereocenters. The van der Waals surface area contributed by atoms with E-state index in [-0.39, 0.29) is 11.9 Å². The maximum Gasteiger partial charge on any atom is 0.127 e. The lowest BCUT2D eigenvalue weighted by atomic mass is 10.0. The summed E-state index contributed by atoms with van der Waals surface area (Å²) in [6.45, 7) is 2.85. The molecule has 0 saturated carbocycles. The second-order valence-electron chi connectivity index (χ2n) is 3.73. The summed E-state index contributed by atoms with van der Waals surface area (Å²) in [7, 11) is 0. The highest BCUT2D eigenvalue weighted by atomic mass is 19.1. The van der Waals surface area contributed by atoms with E-state index in [1.165, 1.54) is 6.07 Å². The molecule has 86 valence electrons. The van der Waals surface area contributed by atoms with Crippen LogP contribution in [0.5, 0.6) is 0 Å². The Bertz CT molecular complexity index is 354. The predicted octanol–water partition coefficient (Wildman–Crippen LogP) is 3.28. The van der Waals surface area contributed by atoms with Crippen LogP contribution < -0.4 is 5.32 Å². The minimum Gasteiger partial charge on any atom is -0.310 e. The lowest BCUT2D eigenvalue weighted by Gasteiger charge is -2.18. The van der Waals surface area contributed by atoms with Gasteiger partial charge in [-0.25, -0.2) is 4.39 Å². The third-order valence-corrected chi connectivity index (χ3v) is 2.55. The van der Waals surface area contributed by atoms with E-state index in [0.717, 1.165) is 31.4 Å². The van der Waals surface area contributed by atoms with Crippen molar-refractivity contribution in [3.63, 3.8) is 0 Å². The number of hydrogen-bond acceptors (Lipinski definition) is 1. The molecule has 0 spiro atoms. The fourth-order valence-corrected chi connectivity index (χ4v) is 1.78. The SMILES string of the molecule is C#CCCCC(NCC)c1ccccc1F. The molecule has 0 saturated heterocycles. The molecule has 0 fully saturated rings. The summed E-state index contributed by atoms with van der Waals surface area (Å²) in [6.07, 6.45) is 7.75. The number of unbranched alkanes of at least 4 members (excludes halogenated alkanes) is 1. The van der Waals surface area contributed by atoms with Crippen LogP contribution in [-0.4, -0.2) is 6.54 Å². The van der Waals surface area contributed by atoms with Crippen LogP contribution in [0.3, 0.4) is 0 Å². The maximum atomic E-state index is 13.6. The van der Waals surface area contributed by atoms with Gasteiger partial charge in [0, 0.05) is 18.0 Å². The van der Waals surface area contributed by atoms with Crippen molar-refractivity contribution < 1.29 is 4.39 Å². The quantitative estimate of drug-likeness (QED) is 0.572. The number of terminal acetylenes is 1. The van der Waals surface area contributed by atoms with Crippen LogP contribution >= 0.6 is 0 Å². The molecular formula is C14H18FN. The van der Waals surface area contributed by atoms with E-state index in [1.54, 1.807) is 6.07 Å². The van der Waals surface area contributed by atoms with Gasteiger partial charge in [0.05, 0.1) is 0 Å². The molecule has 16 heavy (non-hydrogen) atoms. The van der Waals surface area contributed by atoms with E-state index in [9.17, 15) is 4.39 Å². The number of nitrogens with one attached hydrogen (secondary N) is 1. The number of hydrogen-bond donors (Lipinski definition) is 1. The molecule has 1 nitrogen and oxygen atoms in total. The van der Waals surface area contributed by atoms with Crippen molar-refractivity contribution >= 4 is 0 Å². The largest absolute Gasteiger partial charge is 0.310 e. The van der Waals surface area contributed by atoms with E-state index >= 15 is 0 Å². The number of halogens is 1. The number of benzene rings is 1. The first kappa shape index (κ1) is 12.7. The van der Waals surface area contributed by atoms with E-state index in [4.69, 9.17) is 6.42 Å². The summed E-state index contributed by atoms with van der Waals surface area (Å²) >= 11 is 0. The molecule has 2 heteroatoms. The summed E-state index contributed by atoms with van der Waals surface area (Å²) in [5, 5.41) is 3.29. The molecular weight excluding hydrogens is 201 g/mol. The predicted molar refractivity (Wildman–Crippen MR) is 65.5 cm³/mol. The van der Waals surface area contributed by atoms with E-state index < -0.39 is 0 Å². The van der Waals surface area contributed by atoms with Crippen LogP contribution in [0.15, 0.2) is 24.3 Å². The Hall–Kier alpha value is -1.33. The second kappa shape index (κ2) is 7.03. The summed E-state index contributed by atoms with van der Waals surface area (Å²) in [5.41, 5.74) is 0.737. The van der Waals surface area contributed by atoms with Crippen LogP contribution in [-0.2, 0) is 0 Å². The molecule has 0 heterocycles. The summed E-state index contributed by atoms with van der Waals surface area (Å²) in [4.78, 5) is 0. The third kappa shape index (κ3) is 3.67. The van der Waals surface area contributed by atoms with Gasteiger partial charge in [-0.1, -0.05) is 25.1 Å². The molecule has 0 bridgehead atoms. The van der Waals surface area contributed by atoms with Gasteiger partial charge in [0.1, 0.15) is 5.82 Å². The summed E-state index contributed by atoms with van der Waals surface area (Å²) in [5.74, 6) is 2.47. The van der Waals surface area contributed by atoms with Crippen molar-refractivity contribution in [3.8, 4) is 12.3 Å². The third-order valence-electron chi connectivity index (χ3n) is 2.55. The Labute approximate surface area is 97.1 Å². The monoisotopic (exact) mass is 219 g/mol. The van der Waals surface area contributed by atoms with Gasteiger partial charge in [-0.05, 0) is 25.5 Å². The first-order chi connectivity index (χ1) is 7.79. The molecule has 1 atom stereocenters. The first-order valence-corrected chi connectivity index (χ1v) is 5.70. The van der Waals surface area contributed by atoms with Gasteiger partial charge < -0.3 is 5.32 Å². The average Bonchev–Trinajstić information content (AvgIpc) is 2.29.